The maximum atomic E-state index is 12.5. The maximum absolute atomic E-state index is 12.5. The summed E-state index contributed by atoms with van der Waals surface area (Å²) in [7, 11) is 0. The van der Waals surface area contributed by atoms with Crippen LogP contribution in [0.25, 0.3) is 22.4 Å². The Morgan fingerprint density at radius 1 is 0.964 bits per heavy atom. The molecule has 6 nitrogen and oxygen atoms in total. The molecule has 0 aliphatic carbocycles. The lowest BCUT2D eigenvalue weighted by Crippen LogP contribution is -2.40. The number of para-hydroxylation sites is 4. The van der Waals surface area contributed by atoms with E-state index in [4.69, 9.17) is 9.47 Å². The quantitative estimate of drug-likeness (QED) is 0.571. The highest BCUT2D eigenvalue weighted by atomic mass is 16.6. The second-order valence-electron chi connectivity index (χ2n) is 6.53. The van der Waals surface area contributed by atoms with Crippen LogP contribution in [0.5, 0.6) is 11.5 Å². The molecular weight excluding hydrogens is 354 g/mol. The van der Waals surface area contributed by atoms with Crippen LogP contribution in [0.15, 0.2) is 72.8 Å². The van der Waals surface area contributed by atoms with Gasteiger partial charge in [0.25, 0.3) is 5.91 Å². The number of ether oxygens (including phenoxy) is 2. The van der Waals surface area contributed by atoms with Crippen molar-refractivity contribution in [2.75, 3.05) is 11.9 Å². The van der Waals surface area contributed by atoms with Crippen molar-refractivity contribution in [1.29, 1.82) is 0 Å². The molecule has 5 rings (SSSR count). The van der Waals surface area contributed by atoms with Gasteiger partial charge in [-0.1, -0.05) is 24.3 Å². The van der Waals surface area contributed by atoms with Crippen LogP contribution in [0.3, 0.4) is 0 Å². The van der Waals surface area contributed by atoms with Crippen LogP contribution in [0.4, 0.5) is 5.69 Å². The van der Waals surface area contributed by atoms with Crippen LogP contribution < -0.4 is 14.8 Å². The van der Waals surface area contributed by atoms with Crippen LogP contribution in [-0.2, 0) is 4.79 Å². The number of aromatic nitrogens is 2. The van der Waals surface area contributed by atoms with Gasteiger partial charge < -0.3 is 19.8 Å². The Balaban J connectivity index is 1.29. The number of aromatic amines is 1. The molecule has 1 aromatic heterocycles. The Morgan fingerprint density at radius 3 is 2.54 bits per heavy atom. The molecule has 1 amide bonds. The number of fused-ring (bicyclic) bond motifs is 2. The van der Waals surface area contributed by atoms with Gasteiger partial charge in [0.05, 0.1) is 11.0 Å². The number of nitrogens with zero attached hydrogens (tertiary/aromatic N) is 1. The van der Waals surface area contributed by atoms with E-state index in [0.29, 0.717) is 17.2 Å². The topological polar surface area (TPSA) is 76.2 Å². The van der Waals surface area contributed by atoms with E-state index in [1.807, 2.05) is 66.7 Å². The third kappa shape index (κ3) is 3.05. The molecule has 1 aliphatic rings. The molecule has 3 aromatic carbocycles. The van der Waals surface area contributed by atoms with Crippen molar-refractivity contribution in [1.82, 2.24) is 9.97 Å². The molecule has 1 atom stereocenters. The Morgan fingerprint density at radius 2 is 1.71 bits per heavy atom. The second-order valence-corrected chi connectivity index (χ2v) is 6.53. The van der Waals surface area contributed by atoms with Crippen molar-refractivity contribution in [2.45, 2.75) is 6.10 Å². The normalized spacial score (nSPS) is 15.4. The summed E-state index contributed by atoms with van der Waals surface area (Å²) < 4.78 is 11.3. The molecule has 1 aliphatic heterocycles. The number of H-pyrrole nitrogens is 1. The molecule has 28 heavy (non-hydrogen) atoms. The van der Waals surface area contributed by atoms with Crippen LogP contribution >= 0.6 is 0 Å². The van der Waals surface area contributed by atoms with E-state index in [-0.39, 0.29) is 12.5 Å². The lowest BCUT2D eigenvalue weighted by atomic mass is 10.2. The maximum Gasteiger partial charge on any atom is 0.269 e. The van der Waals surface area contributed by atoms with Crippen molar-refractivity contribution in [2.24, 2.45) is 0 Å². The monoisotopic (exact) mass is 371 g/mol. The standard InChI is InChI=1S/C22H17N3O3/c26-22(20-13-27-18-7-3-4-8-19(18)28-20)23-15-11-9-14(10-12-15)21-24-16-5-1-2-6-17(16)25-21/h1-12,20H,13H2,(H,23,26)(H,24,25)/t20-/m0/s1. The van der Waals surface area contributed by atoms with E-state index >= 15 is 0 Å². The number of carbonyl (C=O) groups excluding carboxylic acids is 1. The zero-order chi connectivity index (χ0) is 18.9. The number of carbonyl (C=O) groups is 1. The minimum atomic E-state index is -0.690. The first kappa shape index (κ1) is 16.4. The third-order valence-corrected chi connectivity index (χ3v) is 4.62. The highest BCUT2D eigenvalue weighted by Gasteiger charge is 2.27. The fraction of sp³-hybridized carbons (Fsp3) is 0.0909. The number of rotatable bonds is 3. The van der Waals surface area contributed by atoms with E-state index in [2.05, 4.69) is 15.3 Å². The van der Waals surface area contributed by atoms with Gasteiger partial charge in [-0.25, -0.2) is 4.98 Å². The zero-order valence-electron chi connectivity index (χ0n) is 14.9. The smallest absolute Gasteiger partial charge is 0.269 e. The van der Waals surface area contributed by atoms with E-state index < -0.39 is 6.10 Å². The van der Waals surface area contributed by atoms with Gasteiger partial charge in [-0.05, 0) is 48.5 Å². The third-order valence-electron chi connectivity index (χ3n) is 4.62. The second kappa shape index (κ2) is 6.74. The van der Waals surface area contributed by atoms with Crippen molar-refractivity contribution in [3.8, 4) is 22.9 Å². The summed E-state index contributed by atoms with van der Waals surface area (Å²) in [5, 5.41) is 2.87. The highest BCUT2D eigenvalue weighted by Crippen LogP contribution is 2.31. The minimum absolute atomic E-state index is 0.180. The molecule has 138 valence electrons. The highest BCUT2D eigenvalue weighted by molar-refractivity contribution is 5.95. The number of amides is 1. The fourth-order valence-electron chi connectivity index (χ4n) is 3.17. The van der Waals surface area contributed by atoms with Crippen LogP contribution in [0.2, 0.25) is 0 Å². The van der Waals surface area contributed by atoms with E-state index in [1.165, 1.54) is 0 Å². The van der Waals surface area contributed by atoms with Crippen molar-refractivity contribution in [3.63, 3.8) is 0 Å². The van der Waals surface area contributed by atoms with E-state index in [1.54, 1.807) is 6.07 Å². The van der Waals surface area contributed by atoms with Gasteiger partial charge in [-0.15, -0.1) is 0 Å². The molecule has 0 saturated carbocycles. The Kier molecular flexibility index (Phi) is 3.94. The van der Waals surface area contributed by atoms with Crippen LogP contribution in [-0.4, -0.2) is 28.6 Å². The van der Waals surface area contributed by atoms with Gasteiger partial charge in [-0.3, -0.25) is 4.79 Å². The largest absolute Gasteiger partial charge is 0.485 e. The van der Waals surface area contributed by atoms with Gasteiger partial charge in [-0.2, -0.15) is 0 Å². The molecule has 6 heteroatoms. The zero-order valence-corrected chi connectivity index (χ0v) is 14.9. The van der Waals surface area contributed by atoms with Crippen LogP contribution in [0, 0.1) is 0 Å². The molecule has 0 radical (unpaired) electrons. The average molecular weight is 371 g/mol. The Hall–Kier alpha value is -3.80. The molecule has 0 bridgehead atoms. The molecule has 0 saturated heterocycles. The van der Waals surface area contributed by atoms with Gasteiger partial charge in [0.15, 0.2) is 11.5 Å². The molecule has 0 unspecified atom stereocenters. The summed E-state index contributed by atoms with van der Waals surface area (Å²) in [5.74, 6) is 1.78. The lowest BCUT2D eigenvalue weighted by molar-refractivity contribution is -0.125. The summed E-state index contributed by atoms with van der Waals surface area (Å²) >= 11 is 0. The molecule has 2 heterocycles. The molecule has 2 N–H and O–H groups in total. The average Bonchev–Trinajstić information content (AvgIpc) is 3.18. The first-order valence-corrected chi connectivity index (χ1v) is 9.01. The van der Waals surface area contributed by atoms with Crippen LogP contribution in [0.1, 0.15) is 0 Å². The lowest BCUT2D eigenvalue weighted by Gasteiger charge is -2.25. The summed E-state index contributed by atoms with van der Waals surface area (Å²) in [6.45, 7) is 0.180. The fourth-order valence-corrected chi connectivity index (χ4v) is 3.17. The number of benzene rings is 3. The van der Waals surface area contributed by atoms with E-state index in [0.717, 1.165) is 22.4 Å². The minimum Gasteiger partial charge on any atom is -0.485 e. The molecule has 0 fully saturated rings. The summed E-state index contributed by atoms with van der Waals surface area (Å²) in [6, 6.07) is 22.7. The summed E-state index contributed by atoms with van der Waals surface area (Å²) in [4.78, 5) is 20.4. The summed E-state index contributed by atoms with van der Waals surface area (Å²) in [5.41, 5.74) is 3.54. The van der Waals surface area contributed by atoms with Crippen molar-refractivity contribution in [3.05, 3.63) is 72.8 Å². The number of hydrogen-bond acceptors (Lipinski definition) is 4. The van der Waals surface area contributed by atoms with Gasteiger partial charge in [0.1, 0.15) is 12.4 Å². The van der Waals surface area contributed by atoms with Crippen molar-refractivity contribution >= 4 is 22.6 Å². The Labute approximate surface area is 161 Å². The van der Waals surface area contributed by atoms with Crippen molar-refractivity contribution < 1.29 is 14.3 Å². The molecule has 4 aromatic rings. The van der Waals surface area contributed by atoms with Gasteiger partial charge in [0.2, 0.25) is 6.10 Å². The molecule has 0 spiro atoms. The number of imidazole rings is 1. The molecular formula is C22H17N3O3. The SMILES string of the molecule is O=C(Nc1ccc(-c2nc3ccccc3[nH]2)cc1)[C@@H]1COc2ccccc2O1. The van der Waals surface area contributed by atoms with E-state index in [9.17, 15) is 4.79 Å². The predicted molar refractivity (Wildman–Crippen MR) is 107 cm³/mol. The Bertz CT molecular complexity index is 1120. The predicted octanol–water partition coefficient (Wildman–Crippen LogP) is 4.01. The summed E-state index contributed by atoms with van der Waals surface area (Å²) in [6.07, 6.45) is -0.690. The first-order chi connectivity index (χ1) is 13.8. The number of hydrogen-bond donors (Lipinski definition) is 2. The first-order valence-electron chi connectivity index (χ1n) is 9.01. The number of nitrogens with one attached hydrogen (secondary N) is 2. The number of anilines is 1. The van der Waals surface area contributed by atoms with Gasteiger partial charge in [0, 0.05) is 11.3 Å². The van der Waals surface area contributed by atoms with Gasteiger partial charge >= 0.3 is 0 Å².